The van der Waals surface area contributed by atoms with Crippen LogP contribution in [-0.2, 0) is 4.74 Å². The second-order valence-corrected chi connectivity index (χ2v) is 9.35. The van der Waals surface area contributed by atoms with Crippen molar-refractivity contribution in [2.24, 2.45) is 0 Å². The minimum atomic E-state index is 0.403. The highest BCUT2D eigenvalue weighted by Crippen LogP contribution is 2.50. The maximum atomic E-state index is 5.95. The summed E-state index contributed by atoms with van der Waals surface area (Å²) in [6.45, 7) is 2.72. The highest BCUT2D eigenvalue weighted by molar-refractivity contribution is 8.00. The molecule has 0 fully saturated rings. The van der Waals surface area contributed by atoms with Gasteiger partial charge in [-0.1, -0.05) is 42.5 Å². The van der Waals surface area contributed by atoms with Crippen molar-refractivity contribution in [1.29, 1.82) is 0 Å². The quantitative estimate of drug-likeness (QED) is 0.612. The molecule has 0 saturated carbocycles. The Hall–Kier alpha value is -1.33. The summed E-state index contributed by atoms with van der Waals surface area (Å²) in [5, 5.41) is 3.00. The molecule has 0 aromatic rings. The normalized spacial score (nSPS) is 21.6. The molecule has 2 heterocycles. The smallest absolute Gasteiger partial charge is 0.0620 e. The van der Waals surface area contributed by atoms with Gasteiger partial charge in [-0.3, -0.25) is 0 Å². The van der Waals surface area contributed by atoms with Crippen LogP contribution in [0.5, 0.6) is 0 Å². The minimum absolute atomic E-state index is 0.403. The van der Waals surface area contributed by atoms with Gasteiger partial charge in [0.25, 0.3) is 0 Å². The number of thioether (sulfide) groups is 1. The number of allylic oxidation sites excluding steroid dienone is 3. The van der Waals surface area contributed by atoms with E-state index < -0.39 is 0 Å². The predicted molar refractivity (Wildman–Crippen MR) is 115 cm³/mol. The van der Waals surface area contributed by atoms with Crippen LogP contribution in [-0.4, -0.2) is 44.0 Å². The Morgan fingerprint density at radius 1 is 1.23 bits per heavy atom. The topological polar surface area (TPSA) is 12.5 Å². The average Bonchev–Trinajstić information content (AvgIpc) is 2.91. The van der Waals surface area contributed by atoms with Crippen molar-refractivity contribution in [3.8, 4) is 10.4 Å². The molecular formula is C22H25NOS2. The largest absolute Gasteiger partial charge is 0.380 e. The standard InChI is InChI=1S/C22H25NOS2/c1-23(2)11-5-12-24-15-18-10-9-16-6-3-8-19-20(22(16)26-18)14-17-7-4-13-25-21(17)19/h3-4,6-10,13-14,18,22H,5,11-12,15H2,1-2H3. The highest BCUT2D eigenvalue weighted by Gasteiger charge is 2.29. The van der Waals surface area contributed by atoms with Crippen molar-refractivity contribution in [3.05, 3.63) is 64.6 Å². The Kier molecular flexibility index (Phi) is 5.65. The molecule has 0 aromatic carbocycles. The molecule has 2 aliphatic heterocycles. The van der Waals surface area contributed by atoms with Crippen molar-refractivity contribution >= 4 is 29.2 Å². The molecule has 0 radical (unpaired) electrons. The van der Waals surface area contributed by atoms with E-state index in [9.17, 15) is 0 Å². The van der Waals surface area contributed by atoms with Gasteiger partial charge < -0.3 is 9.64 Å². The molecule has 0 bridgehead atoms. The van der Waals surface area contributed by atoms with E-state index in [2.05, 4.69) is 73.0 Å². The van der Waals surface area contributed by atoms with Crippen LogP contribution in [0.25, 0.3) is 16.5 Å². The lowest BCUT2D eigenvalue weighted by molar-refractivity contribution is 0.132. The molecule has 0 N–H and O–H groups in total. The summed E-state index contributed by atoms with van der Waals surface area (Å²) in [7, 11) is 4.21. The first-order valence-electron chi connectivity index (χ1n) is 9.17. The van der Waals surface area contributed by atoms with Crippen LogP contribution in [0.1, 0.15) is 22.8 Å². The second-order valence-electron chi connectivity index (χ2n) is 7.08. The van der Waals surface area contributed by atoms with E-state index in [0.29, 0.717) is 10.5 Å². The molecule has 136 valence electrons. The SMILES string of the molecule is CN(C)CCCOCC1C=CC2=CC=Cc3c(cc4cccsc3-4)C2S1. The number of fused-ring (bicyclic) bond motifs is 5. The molecular weight excluding hydrogens is 358 g/mol. The van der Waals surface area contributed by atoms with Crippen molar-refractivity contribution in [1.82, 2.24) is 4.90 Å². The van der Waals surface area contributed by atoms with Crippen LogP contribution < -0.4 is 0 Å². The van der Waals surface area contributed by atoms with E-state index in [1.807, 2.05) is 23.1 Å². The summed E-state index contributed by atoms with van der Waals surface area (Å²) in [6.07, 6.45) is 12.4. The summed E-state index contributed by atoms with van der Waals surface area (Å²) in [5.74, 6) is 0. The van der Waals surface area contributed by atoms with Crippen molar-refractivity contribution in [3.63, 3.8) is 0 Å². The molecule has 2 atom stereocenters. The summed E-state index contributed by atoms with van der Waals surface area (Å²) < 4.78 is 5.95. The van der Waals surface area contributed by atoms with E-state index in [0.717, 1.165) is 26.2 Å². The lowest BCUT2D eigenvalue weighted by atomic mass is 10.0. The second kappa shape index (κ2) is 8.13. The Morgan fingerprint density at radius 2 is 2.15 bits per heavy atom. The molecule has 26 heavy (non-hydrogen) atoms. The van der Waals surface area contributed by atoms with Gasteiger partial charge in [-0.25, -0.2) is 0 Å². The zero-order chi connectivity index (χ0) is 17.9. The van der Waals surface area contributed by atoms with Crippen LogP contribution in [0.3, 0.4) is 0 Å². The Labute approximate surface area is 164 Å². The molecule has 0 spiro atoms. The van der Waals surface area contributed by atoms with E-state index in [-0.39, 0.29) is 0 Å². The molecule has 4 aliphatic rings. The first kappa shape index (κ1) is 18.1. The van der Waals surface area contributed by atoms with E-state index in [4.69, 9.17) is 4.74 Å². The van der Waals surface area contributed by atoms with Gasteiger partial charge in [0.05, 0.1) is 11.9 Å². The van der Waals surface area contributed by atoms with E-state index in [1.54, 1.807) is 0 Å². The summed E-state index contributed by atoms with van der Waals surface area (Å²) in [5.41, 5.74) is 5.61. The van der Waals surface area contributed by atoms with Crippen LogP contribution in [0.4, 0.5) is 0 Å². The van der Waals surface area contributed by atoms with E-state index in [1.165, 1.54) is 27.1 Å². The van der Waals surface area contributed by atoms with Crippen LogP contribution in [0, 0.1) is 0 Å². The Morgan fingerprint density at radius 3 is 3.04 bits per heavy atom. The average molecular weight is 384 g/mol. The lowest BCUT2D eigenvalue weighted by Gasteiger charge is -2.26. The van der Waals surface area contributed by atoms with Gasteiger partial charge >= 0.3 is 0 Å². The van der Waals surface area contributed by atoms with Gasteiger partial charge in [-0.15, -0.1) is 23.1 Å². The van der Waals surface area contributed by atoms with Gasteiger partial charge in [0.2, 0.25) is 0 Å². The molecule has 0 aromatic heterocycles. The van der Waals surface area contributed by atoms with Crippen LogP contribution in [0.15, 0.2) is 53.5 Å². The molecule has 0 saturated heterocycles. The minimum Gasteiger partial charge on any atom is -0.380 e. The fourth-order valence-corrected chi connectivity index (χ4v) is 5.74. The molecule has 2 aliphatic carbocycles. The van der Waals surface area contributed by atoms with Gasteiger partial charge in [0.1, 0.15) is 0 Å². The maximum absolute atomic E-state index is 5.95. The number of nitrogens with zero attached hydrogens (tertiary/aromatic N) is 1. The number of hydrogen-bond donors (Lipinski definition) is 0. The summed E-state index contributed by atoms with van der Waals surface area (Å²) in [6, 6.07) is 6.76. The zero-order valence-corrected chi connectivity index (χ0v) is 17.0. The molecule has 4 rings (SSSR count). The zero-order valence-electron chi connectivity index (χ0n) is 15.4. The van der Waals surface area contributed by atoms with Crippen molar-refractivity contribution in [2.75, 3.05) is 33.9 Å². The van der Waals surface area contributed by atoms with Gasteiger partial charge in [-0.05, 0) is 60.8 Å². The van der Waals surface area contributed by atoms with Gasteiger partial charge in [0, 0.05) is 16.7 Å². The Balaban J connectivity index is 1.48. The van der Waals surface area contributed by atoms with Crippen LogP contribution in [0.2, 0.25) is 0 Å². The number of rotatable bonds is 6. The molecule has 2 nitrogen and oxygen atoms in total. The molecule has 4 heteroatoms. The first-order chi connectivity index (χ1) is 12.7. The summed E-state index contributed by atoms with van der Waals surface area (Å²) >= 11 is 3.86. The summed E-state index contributed by atoms with van der Waals surface area (Å²) in [4.78, 5) is 3.61. The third-order valence-electron chi connectivity index (χ3n) is 4.80. The fraction of sp³-hybridized carbons (Fsp3) is 0.364. The van der Waals surface area contributed by atoms with Gasteiger partial charge in [-0.2, -0.15) is 0 Å². The third-order valence-corrected chi connectivity index (χ3v) is 7.22. The fourth-order valence-electron chi connectivity index (χ4n) is 3.52. The third kappa shape index (κ3) is 3.84. The molecule has 2 unspecified atom stereocenters. The number of ether oxygens (including phenoxy) is 1. The predicted octanol–water partition coefficient (Wildman–Crippen LogP) is 5.49. The number of hydrogen-bond acceptors (Lipinski definition) is 4. The Bertz CT molecular complexity index is 817. The van der Waals surface area contributed by atoms with Crippen LogP contribution >= 0.6 is 23.1 Å². The monoisotopic (exact) mass is 383 g/mol. The van der Waals surface area contributed by atoms with E-state index >= 15 is 0 Å². The maximum Gasteiger partial charge on any atom is 0.0620 e. The molecule has 0 amide bonds. The highest BCUT2D eigenvalue weighted by atomic mass is 32.2. The van der Waals surface area contributed by atoms with Gasteiger partial charge in [0.15, 0.2) is 0 Å². The lowest BCUT2D eigenvalue weighted by Crippen LogP contribution is -2.18. The van der Waals surface area contributed by atoms with Crippen molar-refractivity contribution in [2.45, 2.75) is 16.9 Å². The van der Waals surface area contributed by atoms with Crippen molar-refractivity contribution < 1.29 is 4.74 Å². The first-order valence-corrected chi connectivity index (χ1v) is 11.0.